The average Bonchev–Trinajstić information content (AvgIpc) is 2.76. The number of hydrogen-bond donors (Lipinski definition) is 2. The summed E-state index contributed by atoms with van der Waals surface area (Å²) in [7, 11) is 0. The molecular weight excluding hydrogens is 236 g/mol. The molecule has 4 nitrogen and oxygen atoms in total. The van der Waals surface area contributed by atoms with Crippen molar-refractivity contribution >= 4 is 17.0 Å². The Hall–Kier alpha value is -1.55. The zero-order chi connectivity index (χ0) is 13.8. The molecule has 1 aromatic carbocycles. The number of nitrogens with one attached hydrogen (secondary N) is 2. The predicted molar refractivity (Wildman–Crippen MR) is 81.6 cm³/mol. The van der Waals surface area contributed by atoms with Crippen LogP contribution in [0, 0.1) is 0 Å². The number of nitrogens with zero attached hydrogens (tertiary/aromatic N) is 2. The van der Waals surface area contributed by atoms with Gasteiger partial charge in [0.1, 0.15) is 0 Å². The van der Waals surface area contributed by atoms with Gasteiger partial charge in [0.2, 0.25) is 5.95 Å². The second kappa shape index (κ2) is 6.06. The van der Waals surface area contributed by atoms with Gasteiger partial charge in [0.05, 0.1) is 11.0 Å². The standard InChI is InChI=1S/C15H24N4/c1-11(2)19(12(3)4)10-9-16-15-17-13-7-5-6-8-14(13)18-15/h5-8,11-12H,9-10H2,1-4H3,(H2,16,17,18). The number of hydrogen-bond acceptors (Lipinski definition) is 3. The minimum absolute atomic E-state index is 0.567. The van der Waals surface area contributed by atoms with Crippen molar-refractivity contribution in [1.29, 1.82) is 0 Å². The van der Waals surface area contributed by atoms with Crippen molar-refractivity contribution in [3.05, 3.63) is 24.3 Å². The lowest BCUT2D eigenvalue weighted by Crippen LogP contribution is -2.40. The van der Waals surface area contributed by atoms with E-state index in [1.54, 1.807) is 0 Å². The first-order valence-electron chi connectivity index (χ1n) is 7.02. The van der Waals surface area contributed by atoms with E-state index in [-0.39, 0.29) is 0 Å². The first-order chi connectivity index (χ1) is 9.08. The Bertz CT molecular complexity index is 475. The van der Waals surface area contributed by atoms with E-state index in [1.165, 1.54) is 0 Å². The molecule has 0 atom stereocenters. The monoisotopic (exact) mass is 260 g/mol. The van der Waals surface area contributed by atoms with E-state index in [0.29, 0.717) is 12.1 Å². The molecule has 2 aromatic rings. The van der Waals surface area contributed by atoms with Crippen LogP contribution in [0.2, 0.25) is 0 Å². The summed E-state index contributed by atoms with van der Waals surface area (Å²) < 4.78 is 0. The van der Waals surface area contributed by atoms with Crippen molar-refractivity contribution in [2.24, 2.45) is 0 Å². The fraction of sp³-hybridized carbons (Fsp3) is 0.533. The van der Waals surface area contributed by atoms with Gasteiger partial charge in [-0.2, -0.15) is 0 Å². The molecule has 2 N–H and O–H groups in total. The second-order valence-corrected chi connectivity index (χ2v) is 5.45. The molecule has 1 aromatic heterocycles. The number of aromatic amines is 1. The van der Waals surface area contributed by atoms with Crippen molar-refractivity contribution in [3.63, 3.8) is 0 Å². The number of para-hydroxylation sites is 2. The van der Waals surface area contributed by atoms with Crippen LogP contribution >= 0.6 is 0 Å². The molecule has 19 heavy (non-hydrogen) atoms. The highest BCUT2D eigenvalue weighted by molar-refractivity contribution is 5.77. The van der Waals surface area contributed by atoms with Crippen LogP contribution in [-0.4, -0.2) is 40.0 Å². The van der Waals surface area contributed by atoms with Crippen molar-refractivity contribution in [2.45, 2.75) is 39.8 Å². The molecule has 0 fully saturated rings. The van der Waals surface area contributed by atoms with Crippen LogP contribution in [0.25, 0.3) is 11.0 Å². The summed E-state index contributed by atoms with van der Waals surface area (Å²) in [6.07, 6.45) is 0. The minimum atomic E-state index is 0.567. The van der Waals surface area contributed by atoms with E-state index >= 15 is 0 Å². The Balaban J connectivity index is 1.91. The summed E-state index contributed by atoms with van der Waals surface area (Å²) in [5, 5.41) is 3.37. The highest BCUT2D eigenvalue weighted by Crippen LogP contribution is 2.13. The molecule has 0 radical (unpaired) electrons. The third-order valence-electron chi connectivity index (χ3n) is 3.38. The number of H-pyrrole nitrogens is 1. The maximum absolute atomic E-state index is 4.51. The van der Waals surface area contributed by atoms with Crippen molar-refractivity contribution < 1.29 is 0 Å². The van der Waals surface area contributed by atoms with E-state index in [1.807, 2.05) is 24.3 Å². The summed E-state index contributed by atoms with van der Waals surface area (Å²) in [5.41, 5.74) is 2.09. The third kappa shape index (κ3) is 3.47. The van der Waals surface area contributed by atoms with Crippen molar-refractivity contribution in [3.8, 4) is 0 Å². The van der Waals surface area contributed by atoms with Gasteiger partial charge in [-0.15, -0.1) is 0 Å². The second-order valence-electron chi connectivity index (χ2n) is 5.45. The third-order valence-corrected chi connectivity index (χ3v) is 3.38. The molecule has 0 aliphatic rings. The molecule has 0 unspecified atom stereocenters. The van der Waals surface area contributed by atoms with E-state index in [2.05, 4.69) is 47.9 Å². The van der Waals surface area contributed by atoms with Gasteiger partial charge in [0.15, 0.2) is 0 Å². The summed E-state index contributed by atoms with van der Waals surface area (Å²) >= 11 is 0. The minimum Gasteiger partial charge on any atom is -0.355 e. The molecule has 4 heteroatoms. The van der Waals surface area contributed by atoms with Crippen LogP contribution in [0.1, 0.15) is 27.7 Å². The zero-order valence-electron chi connectivity index (χ0n) is 12.3. The van der Waals surface area contributed by atoms with Crippen LogP contribution in [0.5, 0.6) is 0 Å². The van der Waals surface area contributed by atoms with Crippen LogP contribution in [0.15, 0.2) is 24.3 Å². The number of imidazole rings is 1. The van der Waals surface area contributed by atoms with Gasteiger partial charge in [-0.05, 0) is 39.8 Å². The first kappa shape index (κ1) is 13.9. The molecule has 0 aliphatic carbocycles. The molecule has 104 valence electrons. The van der Waals surface area contributed by atoms with Gasteiger partial charge in [-0.1, -0.05) is 12.1 Å². The molecule has 0 amide bonds. The van der Waals surface area contributed by atoms with Crippen LogP contribution in [0.3, 0.4) is 0 Å². The normalized spacial score (nSPS) is 11.9. The summed E-state index contributed by atoms with van der Waals surface area (Å²) in [6, 6.07) is 9.22. The lowest BCUT2D eigenvalue weighted by Gasteiger charge is -2.30. The maximum atomic E-state index is 4.51. The molecule has 0 saturated heterocycles. The number of fused-ring (bicyclic) bond motifs is 1. The van der Waals surface area contributed by atoms with Gasteiger partial charge in [0.25, 0.3) is 0 Å². The highest BCUT2D eigenvalue weighted by atomic mass is 15.2. The molecule has 0 bridgehead atoms. The Morgan fingerprint density at radius 2 is 1.84 bits per heavy atom. The fourth-order valence-corrected chi connectivity index (χ4v) is 2.45. The van der Waals surface area contributed by atoms with E-state index in [9.17, 15) is 0 Å². The van der Waals surface area contributed by atoms with Crippen molar-refractivity contribution in [1.82, 2.24) is 14.9 Å². The Kier molecular flexibility index (Phi) is 4.43. The van der Waals surface area contributed by atoms with Gasteiger partial charge in [-0.3, -0.25) is 4.90 Å². The summed E-state index contributed by atoms with van der Waals surface area (Å²) in [5.74, 6) is 0.855. The number of benzene rings is 1. The van der Waals surface area contributed by atoms with Crippen LogP contribution in [-0.2, 0) is 0 Å². The largest absolute Gasteiger partial charge is 0.355 e. The Morgan fingerprint density at radius 3 is 2.47 bits per heavy atom. The van der Waals surface area contributed by atoms with Crippen molar-refractivity contribution in [2.75, 3.05) is 18.4 Å². The lowest BCUT2D eigenvalue weighted by molar-refractivity contribution is 0.182. The van der Waals surface area contributed by atoms with Gasteiger partial charge in [0, 0.05) is 25.2 Å². The highest BCUT2D eigenvalue weighted by Gasteiger charge is 2.12. The van der Waals surface area contributed by atoms with Gasteiger partial charge in [-0.25, -0.2) is 4.98 Å². The van der Waals surface area contributed by atoms with Gasteiger partial charge < -0.3 is 10.3 Å². The SMILES string of the molecule is CC(C)N(CCNc1nc2ccccc2[nH]1)C(C)C. The first-order valence-corrected chi connectivity index (χ1v) is 7.02. The molecule has 1 heterocycles. The molecule has 0 spiro atoms. The maximum Gasteiger partial charge on any atom is 0.201 e. The Labute approximate surface area is 115 Å². The number of rotatable bonds is 6. The quantitative estimate of drug-likeness (QED) is 0.839. The summed E-state index contributed by atoms with van der Waals surface area (Å²) in [6.45, 7) is 10.9. The number of anilines is 1. The molecule has 0 aliphatic heterocycles. The number of aromatic nitrogens is 2. The topological polar surface area (TPSA) is 44.0 Å². The van der Waals surface area contributed by atoms with E-state index < -0.39 is 0 Å². The molecular formula is C15H24N4. The smallest absolute Gasteiger partial charge is 0.201 e. The molecule has 0 saturated carbocycles. The van der Waals surface area contributed by atoms with Gasteiger partial charge >= 0.3 is 0 Å². The predicted octanol–water partition coefficient (Wildman–Crippen LogP) is 3.09. The fourth-order valence-electron chi connectivity index (χ4n) is 2.45. The van der Waals surface area contributed by atoms with E-state index in [4.69, 9.17) is 0 Å². The zero-order valence-corrected chi connectivity index (χ0v) is 12.3. The molecule has 2 rings (SSSR count). The summed E-state index contributed by atoms with van der Waals surface area (Å²) in [4.78, 5) is 10.3. The van der Waals surface area contributed by atoms with Crippen LogP contribution < -0.4 is 5.32 Å². The van der Waals surface area contributed by atoms with Crippen LogP contribution in [0.4, 0.5) is 5.95 Å². The Morgan fingerprint density at radius 1 is 1.16 bits per heavy atom. The lowest BCUT2D eigenvalue weighted by atomic mass is 10.2. The average molecular weight is 260 g/mol. The van der Waals surface area contributed by atoms with E-state index in [0.717, 1.165) is 30.1 Å².